The number of nitrogens with two attached hydrogens (primary N) is 1. The summed E-state index contributed by atoms with van der Waals surface area (Å²) in [6.45, 7) is 3.56. The highest BCUT2D eigenvalue weighted by atomic mass is 16.1. The van der Waals surface area contributed by atoms with Gasteiger partial charge in [-0.2, -0.15) is 0 Å². The maximum atomic E-state index is 11.8. The zero-order chi connectivity index (χ0) is 14.3. The van der Waals surface area contributed by atoms with Crippen LogP contribution in [0.15, 0.2) is 24.3 Å². The van der Waals surface area contributed by atoms with E-state index < -0.39 is 0 Å². The molecule has 0 aliphatic rings. The molecule has 1 amide bonds. The predicted molar refractivity (Wildman–Crippen MR) is 79.9 cm³/mol. The molecule has 1 unspecified atom stereocenters. The number of anilines is 1. The van der Waals surface area contributed by atoms with Crippen LogP contribution >= 0.6 is 0 Å². The molecule has 19 heavy (non-hydrogen) atoms. The third-order valence-corrected chi connectivity index (χ3v) is 2.98. The molecule has 0 aromatic heterocycles. The van der Waals surface area contributed by atoms with Crippen molar-refractivity contribution in [3.63, 3.8) is 0 Å². The number of amides is 1. The number of hydrogen-bond acceptors (Lipinski definition) is 3. The van der Waals surface area contributed by atoms with Crippen molar-refractivity contribution in [3.05, 3.63) is 29.8 Å². The molecule has 4 heteroatoms. The summed E-state index contributed by atoms with van der Waals surface area (Å²) in [6.07, 6.45) is 1.36. The van der Waals surface area contributed by atoms with E-state index in [1.54, 1.807) is 0 Å². The third-order valence-electron chi connectivity index (χ3n) is 2.98. The van der Waals surface area contributed by atoms with Crippen molar-refractivity contribution in [2.24, 2.45) is 11.7 Å². The Morgan fingerprint density at radius 1 is 1.42 bits per heavy atom. The second kappa shape index (κ2) is 7.92. The van der Waals surface area contributed by atoms with E-state index in [0.29, 0.717) is 18.9 Å². The van der Waals surface area contributed by atoms with Gasteiger partial charge in [0.2, 0.25) is 5.91 Å². The molecule has 106 valence electrons. The zero-order valence-corrected chi connectivity index (χ0v) is 12.1. The fraction of sp³-hybridized carbons (Fsp3) is 0.533. The van der Waals surface area contributed by atoms with E-state index in [2.05, 4.69) is 23.2 Å². The van der Waals surface area contributed by atoms with Crippen molar-refractivity contribution in [3.8, 4) is 0 Å². The first kappa shape index (κ1) is 15.7. The minimum atomic E-state index is 0.0577. The van der Waals surface area contributed by atoms with Crippen molar-refractivity contribution < 1.29 is 4.79 Å². The molecular formula is C15H25N3O. The van der Waals surface area contributed by atoms with Gasteiger partial charge >= 0.3 is 0 Å². The standard InChI is InChI=1S/C15H25N3O/c1-12(10-16)7-8-15(19)17-14-6-4-5-13(9-14)11-18(2)3/h4-6,9,12H,7-8,10-11,16H2,1-3H3,(H,17,19). The van der Waals surface area contributed by atoms with Crippen LogP contribution in [0.2, 0.25) is 0 Å². The van der Waals surface area contributed by atoms with Crippen molar-refractivity contribution >= 4 is 11.6 Å². The number of carbonyl (C=O) groups excluding carboxylic acids is 1. The molecule has 1 atom stereocenters. The zero-order valence-electron chi connectivity index (χ0n) is 12.1. The quantitative estimate of drug-likeness (QED) is 0.791. The van der Waals surface area contributed by atoms with Gasteiger partial charge in [-0.15, -0.1) is 0 Å². The second-order valence-corrected chi connectivity index (χ2v) is 5.37. The summed E-state index contributed by atoms with van der Waals surface area (Å²) in [5.41, 5.74) is 7.60. The SMILES string of the molecule is CC(CN)CCC(=O)Nc1cccc(CN(C)C)c1. The summed E-state index contributed by atoms with van der Waals surface area (Å²) in [4.78, 5) is 13.9. The van der Waals surface area contributed by atoms with Gasteiger partial charge in [0.1, 0.15) is 0 Å². The Kier molecular flexibility index (Phi) is 6.53. The summed E-state index contributed by atoms with van der Waals surface area (Å²) in [5, 5.41) is 2.94. The third kappa shape index (κ3) is 6.36. The fourth-order valence-corrected chi connectivity index (χ4v) is 1.83. The van der Waals surface area contributed by atoms with Crippen LogP contribution < -0.4 is 11.1 Å². The smallest absolute Gasteiger partial charge is 0.224 e. The number of carbonyl (C=O) groups is 1. The van der Waals surface area contributed by atoms with E-state index in [0.717, 1.165) is 18.7 Å². The highest BCUT2D eigenvalue weighted by Crippen LogP contribution is 2.13. The van der Waals surface area contributed by atoms with Gasteiger partial charge in [-0.05, 0) is 50.7 Å². The number of nitrogens with one attached hydrogen (secondary N) is 1. The molecule has 0 aliphatic carbocycles. The molecule has 0 saturated heterocycles. The lowest BCUT2D eigenvalue weighted by Crippen LogP contribution is -2.16. The Morgan fingerprint density at radius 3 is 2.79 bits per heavy atom. The lowest BCUT2D eigenvalue weighted by molar-refractivity contribution is -0.116. The molecule has 0 aliphatic heterocycles. The van der Waals surface area contributed by atoms with Gasteiger partial charge in [-0.3, -0.25) is 4.79 Å². The van der Waals surface area contributed by atoms with Crippen molar-refractivity contribution in [2.45, 2.75) is 26.3 Å². The molecule has 0 fully saturated rings. The lowest BCUT2D eigenvalue weighted by Gasteiger charge is -2.12. The summed E-state index contributed by atoms with van der Waals surface area (Å²) in [6, 6.07) is 7.97. The van der Waals surface area contributed by atoms with Crippen LogP contribution in [0.1, 0.15) is 25.3 Å². The fourth-order valence-electron chi connectivity index (χ4n) is 1.83. The van der Waals surface area contributed by atoms with Gasteiger partial charge in [-0.25, -0.2) is 0 Å². The van der Waals surface area contributed by atoms with Crippen molar-refractivity contribution in [2.75, 3.05) is 26.0 Å². The van der Waals surface area contributed by atoms with Gasteiger partial charge in [0.05, 0.1) is 0 Å². The first-order chi connectivity index (χ1) is 9.01. The Bertz CT molecular complexity index is 404. The Labute approximate surface area is 116 Å². The average Bonchev–Trinajstić information content (AvgIpc) is 2.35. The van der Waals surface area contributed by atoms with Crippen LogP contribution in [0, 0.1) is 5.92 Å². The van der Waals surface area contributed by atoms with Crippen LogP contribution in [-0.2, 0) is 11.3 Å². The highest BCUT2D eigenvalue weighted by molar-refractivity contribution is 5.90. The lowest BCUT2D eigenvalue weighted by atomic mass is 10.1. The maximum Gasteiger partial charge on any atom is 0.224 e. The molecule has 0 heterocycles. The minimum absolute atomic E-state index is 0.0577. The topological polar surface area (TPSA) is 58.4 Å². The molecule has 1 aromatic rings. The van der Waals surface area contributed by atoms with E-state index in [4.69, 9.17) is 5.73 Å². The summed E-state index contributed by atoms with van der Waals surface area (Å²) in [5.74, 6) is 0.452. The highest BCUT2D eigenvalue weighted by Gasteiger charge is 2.06. The van der Waals surface area contributed by atoms with Crippen LogP contribution in [0.5, 0.6) is 0 Å². The molecule has 0 bridgehead atoms. The molecule has 1 rings (SSSR count). The van der Waals surface area contributed by atoms with Crippen LogP contribution in [0.4, 0.5) is 5.69 Å². The van der Waals surface area contributed by atoms with E-state index in [-0.39, 0.29) is 5.91 Å². The van der Waals surface area contributed by atoms with E-state index >= 15 is 0 Å². The second-order valence-electron chi connectivity index (χ2n) is 5.37. The summed E-state index contributed by atoms with van der Waals surface area (Å²) in [7, 11) is 4.05. The maximum absolute atomic E-state index is 11.8. The largest absolute Gasteiger partial charge is 0.330 e. The van der Waals surface area contributed by atoms with Crippen molar-refractivity contribution in [1.82, 2.24) is 4.90 Å². The molecule has 4 nitrogen and oxygen atoms in total. The minimum Gasteiger partial charge on any atom is -0.330 e. The molecule has 0 radical (unpaired) electrons. The summed E-state index contributed by atoms with van der Waals surface area (Å²) >= 11 is 0. The molecular weight excluding hydrogens is 238 g/mol. The monoisotopic (exact) mass is 263 g/mol. The number of nitrogens with zero attached hydrogens (tertiary/aromatic N) is 1. The van der Waals surface area contributed by atoms with Crippen molar-refractivity contribution in [1.29, 1.82) is 0 Å². The normalized spacial score (nSPS) is 12.5. The number of hydrogen-bond donors (Lipinski definition) is 2. The number of rotatable bonds is 7. The molecule has 3 N–H and O–H groups in total. The van der Waals surface area contributed by atoms with E-state index in [1.165, 1.54) is 5.56 Å². The van der Waals surface area contributed by atoms with Crippen LogP contribution in [0.25, 0.3) is 0 Å². The van der Waals surface area contributed by atoms with Gasteiger partial charge in [-0.1, -0.05) is 19.1 Å². The molecule has 0 saturated carbocycles. The van der Waals surface area contributed by atoms with E-state index in [9.17, 15) is 4.79 Å². The predicted octanol–water partition coefficient (Wildman–Crippen LogP) is 2.06. The first-order valence-electron chi connectivity index (χ1n) is 6.75. The van der Waals surface area contributed by atoms with Gasteiger partial charge in [0, 0.05) is 18.7 Å². The van der Waals surface area contributed by atoms with E-state index in [1.807, 2.05) is 32.3 Å². The van der Waals surface area contributed by atoms with Gasteiger partial charge in [0.15, 0.2) is 0 Å². The van der Waals surface area contributed by atoms with Crippen LogP contribution in [-0.4, -0.2) is 31.4 Å². The Balaban J connectivity index is 2.49. The van der Waals surface area contributed by atoms with Crippen LogP contribution in [0.3, 0.4) is 0 Å². The molecule has 1 aromatic carbocycles. The Morgan fingerprint density at radius 2 is 2.16 bits per heavy atom. The average molecular weight is 263 g/mol. The first-order valence-corrected chi connectivity index (χ1v) is 6.75. The Hall–Kier alpha value is -1.39. The summed E-state index contributed by atoms with van der Waals surface area (Å²) < 4.78 is 0. The van der Waals surface area contributed by atoms with Gasteiger partial charge < -0.3 is 16.0 Å². The molecule has 0 spiro atoms. The number of benzene rings is 1. The van der Waals surface area contributed by atoms with Gasteiger partial charge in [0.25, 0.3) is 0 Å².